The van der Waals surface area contributed by atoms with Crippen molar-refractivity contribution in [2.24, 2.45) is 0 Å². The molecule has 2 aromatic rings. The number of carboxylic acids is 1. The Kier molecular flexibility index (Phi) is 4.05. The van der Waals surface area contributed by atoms with Crippen LogP contribution in [-0.4, -0.2) is 18.2 Å². The van der Waals surface area contributed by atoms with Crippen molar-refractivity contribution in [2.45, 2.75) is 0 Å². The van der Waals surface area contributed by atoms with E-state index in [1.54, 1.807) is 6.07 Å². The van der Waals surface area contributed by atoms with Crippen molar-refractivity contribution in [1.82, 2.24) is 0 Å². The predicted molar refractivity (Wildman–Crippen MR) is 71.1 cm³/mol. The first kappa shape index (κ1) is 14.3. The third-order valence-electron chi connectivity index (χ3n) is 2.73. The maximum atomic E-state index is 13.5. The summed E-state index contributed by atoms with van der Waals surface area (Å²) in [6.45, 7) is 0. The number of aromatic carboxylic acids is 1. The second-order valence-corrected chi connectivity index (χ2v) is 3.99. The molecule has 0 amide bonds. The van der Waals surface area contributed by atoms with Gasteiger partial charge in [-0.1, -0.05) is 6.07 Å². The molecular formula is C15H10FNO4. The van der Waals surface area contributed by atoms with E-state index >= 15 is 0 Å². The van der Waals surface area contributed by atoms with Crippen LogP contribution in [0.1, 0.15) is 15.9 Å². The van der Waals surface area contributed by atoms with Crippen molar-refractivity contribution in [3.05, 3.63) is 53.3 Å². The molecule has 0 bridgehead atoms. The van der Waals surface area contributed by atoms with Crippen LogP contribution in [0.25, 0.3) is 0 Å². The lowest BCUT2D eigenvalue weighted by molar-refractivity contribution is 0.0694. The van der Waals surface area contributed by atoms with Gasteiger partial charge in [0.05, 0.1) is 7.11 Å². The van der Waals surface area contributed by atoms with Gasteiger partial charge in [-0.25, -0.2) is 9.18 Å². The number of ether oxygens (including phenoxy) is 2. The molecule has 0 spiro atoms. The Balaban J connectivity index is 2.51. The Bertz CT molecular complexity index is 737. The number of nitriles is 1. The number of carboxylic acid groups (broad SMARTS) is 1. The summed E-state index contributed by atoms with van der Waals surface area (Å²) in [5.74, 6) is -1.67. The average molecular weight is 287 g/mol. The van der Waals surface area contributed by atoms with Crippen LogP contribution >= 0.6 is 0 Å². The Morgan fingerprint density at radius 1 is 1.29 bits per heavy atom. The van der Waals surface area contributed by atoms with Gasteiger partial charge in [-0.15, -0.1) is 0 Å². The zero-order chi connectivity index (χ0) is 15.4. The van der Waals surface area contributed by atoms with E-state index in [1.165, 1.54) is 37.4 Å². The van der Waals surface area contributed by atoms with E-state index in [0.29, 0.717) is 5.75 Å². The van der Waals surface area contributed by atoms with Crippen molar-refractivity contribution in [3.8, 4) is 23.3 Å². The minimum absolute atomic E-state index is 0.0380. The highest BCUT2D eigenvalue weighted by atomic mass is 19.1. The van der Waals surface area contributed by atoms with Gasteiger partial charge in [-0.3, -0.25) is 0 Å². The maximum absolute atomic E-state index is 13.5. The van der Waals surface area contributed by atoms with Crippen LogP contribution in [0.4, 0.5) is 4.39 Å². The number of hydrogen-bond donors (Lipinski definition) is 1. The molecule has 2 rings (SSSR count). The van der Waals surface area contributed by atoms with Gasteiger partial charge in [-0.05, 0) is 24.3 Å². The lowest BCUT2D eigenvalue weighted by atomic mass is 10.1. The fourth-order valence-electron chi connectivity index (χ4n) is 1.71. The monoisotopic (exact) mass is 287 g/mol. The first-order valence-electron chi connectivity index (χ1n) is 5.84. The smallest absolute Gasteiger partial charge is 0.339 e. The molecule has 106 valence electrons. The first-order chi connectivity index (χ1) is 10.1. The van der Waals surface area contributed by atoms with Gasteiger partial charge in [0, 0.05) is 6.07 Å². The molecule has 0 saturated carbocycles. The highest BCUT2D eigenvalue weighted by Gasteiger charge is 2.16. The number of benzene rings is 2. The molecule has 0 aliphatic heterocycles. The third-order valence-corrected chi connectivity index (χ3v) is 2.73. The summed E-state index contributed by atoms with van der Waals surface area (Å²) < 4.78 is 23.9. The van der Waals surface area contributed by atoms with E-state index in [1.807, 2.05) is 0 Å². The second-order valence-electron chi connectivity index (χ2n) is 3.99. The average Bonchev–Trinajstić information content (AvgIpc) is 2.47. The molecule has 0 aliphatic rings. The molecule has 0 aromatic heterocycles. The van der Waals surface area contributed by atoms with Crippen LogP contribution < -0.4 is 9.47 Å². The van der Waals surface area contributed by atoms with Gasteiger partial charge in [0.2, 0.25) is 0 Å². The van der Waals surface area contributed by atoms with E-state index in [9.17, 15) is 9.18 Å². The molecule has 1 N–H and O–H groups in total. The summed E-state index contributed by atoms with van der Waals surface area (Å²) in [6.07, 6.45) is 0. The zero-order valence-electron chi connectivity index (χ0n) is 11.0. The van der Waals surface area contributed by atoms with Gasteiger partial charge >= 0.3 is 5.97 Å². The van der Waals surface area contributed by atoms with Crippen molar-refractivity contribution in [2.75, 3.05) is 7.11 Å². The van der Waals surface area contributed by atoms with Crippen LogP contribution in [0, 0.1) is 17.1 Å². The predicted octanol–water partition coefficient (Wildman–Crippen LogP) is 3.20. The summed E-state index contributed by atoms with van der Waals surface area (Å²) in [7, 11) is 1.42. The molecular weight excluding hydrogens is 277 g/mol. The lowest BCUT2D eigenvalue weighted by Crippen LogP contribution is -2.01. The Labute approximate surface area is 119 Å². The quantitative estimate of drug-likeness (QED) is 0.934. The molecule has 5 nitrogen and oxygen atoms in total. The molecule has 2 aromatic carbocycles. The van der Waals surface area contributed by atoms with Crippen LogP contribution in [0.3, 0.4) is 0 Å². The number of hydrogen-bond acceptors (Lipinski definition) is 4. The summed E-state index contributed by atoms with van der Waals surface area (Å²) in [5.41, 5.74) is -0.416. The van der Waals surface area contributed by atoms with Crippen molar-refractivity contribution < 1.29 is 23.8 Å². The third kappa shape index (κ3) is 2.92. The summed E-state index contributed by atoms with van der Waals surface area (Å²) in [5, 5.41) is 18.1. The molecule has 6 heteroatoms. The molecule has 0 atom stereocenters. The fourth-order valence-corrected chi connectivity index (χ4v) is 1.71. The molecule has 0 radical (unpaired) electrons. The van der Waals surface area contributed by atoms with Gasteiger partial charge in [-0.2, -0.15) is 5.26 Å². The normalized spacial score (nSPS) is 9.76. The minimum Gasteiger partial charge on any atom is -0.497 e. The maximum Gasteiger partial charge on any atom is 0.339 e. The summed E-state index contributed by atoms with van der Waals surface area (Å²) in [4.78, 5) is 11.2. The Hall–Kier alpha value is -3.07. The van der Waals surface area contributed by atoms with E-state index in [2.05, 4.69) is 0 Å². The minimum atomic E-state index is -1.21. The fraction of sp³-hybridized carbons (Fsp3) is 0.0667. The number of carbonyl (C=O) groups is 1. The highest BCUT2D eigenvalue weighted by Crippen LogP contribution is 2.32. The van der Waals surface area contributed by atoms with Crippen LogP contribution in [-0.2, 0) is 0 Å². The van der Waals surface area contributed by atoms with Crippen molar-refractivity contribution in [1.29, 1.82) is 5.26 Å². The van der Waals surface area contributed by atoms with Crippen LogP contribution in [0.5, 0.6) is 17.2 Å². The summed E-state index contributed by atoms with van der Waals surface area (Å²) >= 11 is 0. The van der Waals surface area contributed by atoms with Gasteiger partial charge in [0.25, 0.3) is 0 Å². The van der Waals surface area contributed by atoms with Gasteiger partial charge in [0.1, 0.15) is 40.3 Å². The van der Waals surface area contributed by atoms with E-state index in [4.69, 9.17) is 19.8 Å². The standard InChI is InChI=1S/C15H10FNO4/c1-20-9-5-6-10(15(18)19)14(7-9)21-13-4-2-3-12(16)11(13)8-17/h2-7H,1H3,(H,18,19). The van der Waals surface area contributed by atoms with Crippen LogP contribution in [0.15, 0.2) is 36.4 Å². The number of nitrogens with zero attached hydrogens (tertiary/aromatic N) is 1. The Morgan fingerprint density at radius 3 is 2.67 bits per heavy atom. The highest BCUT2D eigenvalue weighted by molar-refractivity contribution is 5.91. The van der Waals surface area contributed by atoms with E-state index in [-0.39, 0.29) is 22.6 Å². The van der Waals surface area contributed by atoms with Crippen LogP contribution in [0.2, 0.25) is 0 Å². The largest absolute Gasteiger partial charge is 0.497 e. The summed E-state index contributed by atoms with van der Waals surface area (Å²) in [6, 6.07) is 9.68. The van der Waals surface area contributed by atoms with E-state index in [0.717, 1.165) is 6.07 Å². The molecule has 0 unspecified atom stereocenters. The SMILES string of the molecule is COc1ccc(C(=O)O)c(Oc2cccc(F)c2C#N)c1. The molecule has 0 aliphatic carbocycles. The van der Waals surface area contributed by atoms with Gasteiger partial charge < -0.3 is 14.6 Å². The molecule has 21 heavy (non-hydrogen) atoms. The number of rotatable bonds is 4. The Morgan fingerprint density at radius 2 is 2.05 bits per heavy atom. The van der Waals surface area contributed by atoms with E-state index < -0.39 is 11.8 Å². The van der Waals surface area contributed by atoms with Gasteiger partial charge in [0.15, 0.2) is 0 Å². The van der Waals surface area contributed by atoms with Crippen molar-refractivity contribution in [3.63, 3.8) is 0 Å². The molecule has 0 saturated heterocycles. The second kappa shape index (κ2) is 5.92. The molecule has 0 fully saturated rings. The van der Waals surface area contributed by atoms with Crippen molar-refractivity contribution >= 4 is 5.97 Å². The molecule has 0 heterocycles. The topological polar surface area (TPSA) is 79.6 Å². The first-order valence-corrected chi connectivity index (χ1v) is 5.84. The number of methoxy groups -OCH3 is 1. The lowest BCUT2D eigenvalue weighted by Gasteiger charge is -2.11. The number of halogens is 1. The zero-order valence-corrected chi connectivity index (χ0v) is 11.0.